The van der Waals surface area contributed by atoms with E-state index in [-0.39, 0.29) is 17.6 Å². The average molecular weight is 548 g/mol. The molecule has 10 atom stereocenters. The van der Waals surface area contributed by atoms with E-state index in [1.807, 2.05) is 0 Å². The molecular formula is C34H65N3O2. The number of aliphatic hydroxyl groups excluding tert-OH is 1. The smallest absolute Gasteiger partial charge is 0.0880 e. The first-order chi connectivity index (χ1) is 18.6. The van der Waals surface area contributed by atoms with Crippen molar-refractivity contribution in [2.45, 2.75) is 142 Å². The molecule has 0 amide bonds. The molecule has 5 nitrogen and oxygen atoms in total. The topological polar surface area (TPSA) is 90.5 Å². The van der Waals surface area contributed by atoms with Crippen LogP contribution < -0.4 is 16.4 Å². The van der Waals surface area contributed by atoms with Crippen LogP contribution >= 0.6 is 0 Å². The molecule has 0 aromatic carbocycles. The van der Waals surface area contributed by atoms with Gasteiger partial charge >= 0.3 is 0 Å². The number of hydrogen-bond donors (Lipinski definition) is 5. The Bertz CT molecular complexity index is 763. The third-order valence-electron chi connectivity index (χ3n) is 12.8. The Labute approximate surface area is 241 Å². The highest BCUT2D eigenvalue weighted by Crippen LogP contribution is 2.69. The second-order valence-corrected chi connectivity index (χ2v) is 15.5. The Balaban J connectivity index is 1.45. The Morgan fingerprint density at radius 3 is 2.38 bits per heavy atom. The van der Waals surface area contributed by atoms with E-state index in [1.54, 1.807) is 0 Å². The molecule has 0 heterocycles. The van der Waals surface area contributed by atoms with Crippen LogP contribution in [0.25, 0.3) is 0 Å². The van der Waals surface area contributed by atoms with Crippen molar-refractivity contribution in [3.8, 4) is 0 Å². The minimum absolute atomic E-state index is 0.0841. The quantitative estimate of drug-likeness (QED) is 0.176. The van der Waals surface area contributed by atoms with E-state index in [0.717, 1.165) is 88.4 Å². The van der Waals surface area contributed by atoms with Gasteiger partial charge in [0, 0.05) is 17.9 Å². The molecule has 0 radical (unpaired) electrons. The van der Waals surface area contributed by atoms with Crippen molar-refractivity contribution < 1.29 is 10.2 Å². The molecule has 4 rings (SSSR count). The molecule has 0 saturated heterocycles. The molecule has 4 unspecified atom stereocenters. The van der Waals surface area contributed by atoms with Crippen LogP contribution in [-0.4, -0.2) is 54.1 Å². The fraction of sp³-hybridized carbons (Fsp3) is 1.00. The fourth-order valence-electron chi connectivity index (χ4n) is 10.6. The summed E-state index contributed by atoms with van der Waals surface area (Å²) in [5.41, 5.74) is 5.16. The highest BCUT2D eigenvalue weighted by molar-refractivity contribution is 5.18. The van der Waals surface area contributed by atoms with E-state index in [4.69, 9.17) is 5.73 Å². The van der Waals surface area contributed by atoms with Gasteiger partial charge in [0.1, 0.15) is 0 Å². The van der Waals surface area contributed by atoms with Crippen LogP contribution in [0.3, 0.4) is 0 Å². The number of nitrogens with one attached hydrogen (secondary N) is 2. The van der Waals surface area contributed by atoms with E-state index < -0.39 is 5.60 Å². The lowest BCUT2D eigenvalue weighted by atomic mass is 9.42. The predicted octanol–water partition coefficient (Wildman–Crippen LogP) is 5.87. The summed E-state index contributed by atoms with van der Waals surface area (Å²) >= 11 is 0. The van der Waals surface area contributed by atoms with Crippen molar-refractivity contribution in [1.82, 2.24) is 10.6 Å². The van der Waals surface area contributed by atoms with Gasteiger partial charge in [-0.25, -0.2) is 0 Å². The summed E-state index contributed by atoms with van der Waals surface area (Å²) in [6, 6.07) is 0.0841. The van der Waals surface area contributed by atoms with Crippen LogP contribution in [0.15, 0.2) is 0 Å². The van der Waals surface area contributed by atoms with Crippen molar-refractivity contribution in [1.29, 1.82) is 0 Å². The van der Waals surface area contributed by atoms with Gasteiger partial charge in [0.25, 0.3) is 0 Å². The van der Waals surface area contributed by atoms with Crippen molar-refractivity contribution in [3.63, 3.8) is 0 Å². The number of aliphatic hydroxyl groups is 2. The van der Waals surface area contributed by atoms with E-state index in [1.165, 1.54) is 44.9 Å². The highest BCUT2D eigenvalue weighted by Gasteiger charge is 2.67. The summed E-state index contributed by atoms with van der Waals surface area (Å²) < 4.78 is 0. The maximum absolute atomic E-state index is 12.5. The van der Waals surface area contributed by atoms with Gasteiger partial charge < -0.3 is 26.6 Å². The number of rotatable bonds is 14. The van der Waals surface area contributed by atoms with Crippen LogP contribution in [0.5, 0.6) is 0 Å². The Hall–Kier alpha value is -0.200. The van der Waals surface area contributed by atoms with Gasteiger partial charge in [-0.1, -0.05) is 53.9 Å². The van der Waals surface area contributed by atoms with Crippen molar-refractivity contribution in [3.05, 3.63) is 0 Å². The monoisotopic (exact) mass is 548 g/mol. The molecular weight excluding hydrogens is 482 g/mol. The molecule has 0 aromatic rings. The lowest BCUT2D eigenvalue weighted by Crippen LogP contribution is -2.71. The first kappa shape index (κ1) is 31.7. The van der Waals surface area contributed by atoms with E-state index >= 15 is 0 Å². The number of unbranched alkanes of at least 4 members (excludes halogenated alkanes) is 1. The zero-order valence-corrected chi connectivity index (χ0v) is 26.3. The predicted molar refractivity (Wildman–Crippen MR) is 163 cm³/mol. The molecule has 4 fully saturated rings. The second kappa shape index (κ2) is 13.4. The lowest BCUT2D eigenvalue weighted by Gasteiger charge is -2.66. The van der Waals surface area contributed by atoms with Gasteiger partial charge in [0.05, 0.1) is 11.7 Å². The summed E-state index contributed by atoms with van der Waals surface area (Å²) in [5.74, 6) is 4.56. The zero-order valence-electron chi connectivity index (χ0n) is 26.3. The maximum atomic E-state index is 12.5. The average Bonchev–Trinajstić information content (AvgIpc) is 3.24. The summed E-state index contributed by atoms with van der Waals surface area (Å²) in [4.78, 5) is 0. The third-order valence-corrected chi connectivity index (χ3v) is 12.8. The van der Waals surface area contributed by atoms with Gasteiger partial charge in [-0.2, -0.15) is 0 Å². The Kier molecular flexibility index (Phi) is 10.9. The molecule has 0 aromatic heterocycles. The third kappa shape index (κ3) is 6.43. The molecule has 39 heavy (non-hydrogen) atoms. The second-order valence-electron chi connectivity index (χ2n) is 15.5. The summed E-state index contributed by atoms with van der Waals surface area (Å²) in [6.07, 6.45) is 15.9. The normalized spacial score (nSPS) is 42.7. The van der Waals surface area contributed by atoms with Gasteiger partial charge in [0.2, 0.25) is 0 Å². The van der Waals surface area contributed by atoms with Crippen molar-refractivity contribution in [2.75, 3.05) is 26.2 Å². The van der Waals surface area contributed by atoms with E-state index in [2.05, 4.69) is 45.3 Å². The van der Waals surface area contributed by atoms with Crippen LogP contribution in [0.2, 0.25) is 0 Å². The fourth-order valence-corrected chi connectivity index (χ4v) is 10.6. The van der Waals surface area contributed by atoms with Crippen LogP contribution in [-0.2, 0) is 0 Å². The molecule has 228 valence electrons. The SMILES string of the molecule is CC(C)CCCC(C)[C@H]1CCC2C3C[C@@H](NCCCNCCCCN)[C@@]4(O)C[C@@H](O)CC[C@]4(C)C3CC[C@@]21C. The molecule has 4 aliphatic rings. The molecule has 0 bridgehead atoms. The minimum atomic E-state index is -0.809. The number of fused-ring (bicyclic) bond motifs is 5. The van der Waals surface area contributed by atoms with Crippen molar-refractivity contribution in [2.24, 2.45) is 52.1 Å². The van der Waals surface area contributed by atoms with Crippen molar-refractivity contribution >= 4 is 0 Å². The number of hydrogen-bond acceptors (Lipinski definition) is 5. The summed E-state index contributed by atoms with van der Waals surface area (Å²) in [6.45, 7) is 16.1. The Morgan fingerprint density at radius 2 is 1.64 bits per heavy atom. The van der Waals surface area contributed by atoms with Gasteiger partial charge in [-0.05, 0) is 131 Å². The zero-order chi connectivity index (χ0) is 28.3. The molecule has 6 N–H and O–H groups in total. The van der Waals surface area contributed by atoms with Gasteiger partial charge in [-0.15, -0.1) is 0 Å². The van der Waals surface area contributed by atoms with E-state index in [0.29, 0.717) is 23.7 Å². The van der Waals surface area contributed by atoms with Crippen LogP contribution in [0.1, 0.15) is 125 Å². The maximum Gasteiger partial charge on any atom is 0.0880 e. The van der Waals surface area contributed by atoms with Crippen LogP contribution in [0, 0.1) is 46.3 Å². The highest BCUT2D eigenvalue weighted by atomic mass is 16.3. The first-order valence-electron chi connectivity index (χ1n) is 17.1. The lowest BCUT2D eigenvalue weighted by molar-refractivity contribution is -0.234. The molecule has 0 spiro atoms. The van der Waals surface area contributed by atoms with Gasteiger partial charge in [0.15, 0.2) is 0 Å². The molecule has 0 aliphatic heterocycles. The minimum Gasteiger partial charge on any atom is -0.393 e. The standard InChI is InChI=1S/C34H65N3O2/c1-24(2)10-8-11-25(3)28-12-13-29-27-22-31(37-21-9-20-36-19-7-6-18-35)34(39)23-26(38)14-17-33(34,5)30(27)15-16-32(28,29)4/h24-31,36-39H,6-23,35H2,1-5H3/t25?,26-,27?,28+,29?,30?,31+,32+,33+,34-/m0/s1. The number of nitrogens with two attached hydrogens (primary N) is 1. The Morgan fingerprint density at radius 1 is 0.872 bits per heavy atom. The van der Waals surface area contributed by atoms with E-state index in [9.17, 15) is 10.2 Å². The summed E-state index contributed by atoms with van der Waals surface area (Å²) in [5, 5.41) is 30.6. The largest absolute Gasteiger partial charge is 0.393 e. The molecule has 4 aliphatic carbocycles. The molecule has 5 heteroatoms. The molecule has 4 saturated carbocycles. The first-order valence-corrected chi connectivity index (χ1v) is 17.1. The summed E-state index contributed by atoms with van der Waals surface area (Å²) in [7, 11) is 0. The van der Waals surface area contributed by atoms with Gasteiger partial charge in [-0.3, -0.25) is 0 Å². The van der Waals surface area contributed by atoms with Crippen LogP contribution in [0.4, 0.5) is 0 Å².